The Morgan fingerprint density at radius 3 is 2.67 bits per heavy atom. The van der Waals surface area contributed by atoms with E-state index in [-0.39, 0.29) is 0 Å². The van der Waals surface area contributed by atoms with E-state index in [0.29, 0.717) is 5.92 Å². The Labute approximate surface area is 134 Å². The average molecular weight is 313 g/mol. The van der Waals surface area contributed by atoms with Crippen molar-refractivity contribution in [3.8, 4) is 0 Å². The van der Waals surface area contributed by atoms with Gasteiger partial charge in [0.1, 0.15) is 0 Å². The Morgan fingerprint density at radius 1 is 1.29 bits per heavy atom. The van der Waals surface area contributed by atoms with Crippen LogP contribution in [0.2, 0.25) is 5.02 Å². The van der Waals surface area contributed by atoms with Crippen molar-refractivity contribution in [1.82, 2.24) is 5.32 Å². The van der Waals surface area contributed by atoms with Crippen molar-refractivity contribution in [2.45, 2.75) is 34.2 Å². The molecule has 0 atom stereocenters. The number of nitrogens with zero attached hydrogens (tertiary/aromatic N) is 1. The molecule has 0 aliphatic carbocycles. The molecule has 1 N–H and O–H groups in total. The minimum absolute atomic E-state index is 0.635. The summed E-state index contributed by atoms with van der Waals surface area (Å²) in [4.78, 5) is 2.33. The normalized spacial score (nSPS) is 11.1. The lowest BCUT2D eigenvalue weighted by molar-refractivity contribution is 0.154. The summed E-state index contributed by atoms with van der Waals surface area (Å²) in [7, 11) is 0. The highest BCUT2D eigenvalue weighted by molar-refractivity contribution is 6.31. The first-order valence-corrected chi connectivity index (χ1v) is 8.28. The van der Waals surface area contributed by atoms with E-state index in [9.17, 15) is 0 Å². The van der Waals surface area contributed by atoms with Crippen LogP contribution >= 0.6 is 11.6 Å². The first-order chi connectivity index (χ1) is 10.1. The van der Waals surface area contributed by atoms with E-state index in [2.05, 4.69) is 37.1 Å². The van der Waals surface area contributed by atoms with Crippen molar-refractivity contribution < 1.29 is 4.74 Å². The maximum absolute atomic E-state index is 6.41. The number of anilines is 1. The van der Waals surface area contributed by atoms with Gasteiger partial charge in [-0.2, -0.15) is 0 Å². The third kappa shape index (κ3) is 6.25. The molecule has 0 fully saturated rings. The third-order valence-corrected chi connectivity index (χ3v) is 3.73. The van der Waals surface area contributed by atoms with E-state index in [1.54, 1.807) is 0 Å². The molecule has 0 aromatic heterocycles. The zero-order chi connectivity index (χ0) is 15.7. The molecule has 21 heavy (non-hydrogen) atoms. The fraction of sp³-hybridized carbons (Fsp3) is 0.647. The van der Waals surface area contributed by atoms with Gasteiger partial charge in [0.2, 0.25) is 0 Å². The highest BCUT2D eigenvalue weighted by atomic mass is 35.5. The molecular formula is C17H29ClN2O. The lowest BCUT2D eigenvalue weighted by Gasteiger charge is -2.26. The maximum Gasteiger partial charge on any atom is 0.0641 e. The zero-order valence-electron chi connectivity index (χ0n) is 13.8. The van der Waals surface area contributed by atoms with E-state index in [1.165, 1.54) is 11.3 Å². The van der Waals surface area contributed by atoms with Gasteiger partial charge in [-0.25, -0.2) is 0 Å². The molecule has 0 unspecified atom stereocenters. The van der Waals surface area contributed by atoms with Gasteiger partial charge in [-0.3, -0.25) is 0 Å². The number of benzene rings is 1. The molecule has 0 saturated carbocycles. The van der Waals surface area contributed by atoms with E-state index in [0.717, 1.165) is 44.4 Å². The summed E-state index contributed by atoms with van der Waals surface area (Å²) in [6.45, 7) is 13.8. The fourth-order valence-electron chi connectivity index (χ4n) is 2.27. The van der Waals surface area contributed by atoms with Gasteiger partial charge in [0.05, 0.1) is 6.61 Å². The molecule has 4 heteroatoms. The Hall–Kier alpha value is -0.770. The van der Waals surface area contributed by atoms with Crippen LogP contribution in [0.3, 0.4) is 0 Å². The lowest BCUT2D eigenvalue weighted by Crippen LogP contribution is -2.29. The molecule has 0 saturated heterocycles. The Bertz CT molecular complexity index is 410. The smallest absolute Gasteiger partial charge is 0.0641 e. The number of hydrogen-bond acceptors (Lipinski definition) is 3. The van der Waals surface area contributed by atoms with Crippen molar-refractivity contribution in [3.05, 3.63) is 28.8 Å². The van der Waals surface area contributed by atoms with Gasteiger partial charge < -0.3 is 15.0 Å². The number of halogens is 1. The molecule has 0 spiro atoms. The predicted molar refractivity (Wildman–Crippen MR) is 92.4 cm³/mol. The maximum atomic E-state index is 6.41. The molecule has 0 aliphatic heterocycles. The Kier molecular flexibility index (Phi) is 8.74. The summed E-state index contributed by atoms with van der Waals surface area (Å²) in [5, 5.41) is 4.32. The summed E-state index contributed by atoms with van der Waals surface area (Å²) >= 11 is 6.41. The number of hydrogen-bond donors (Lipinski definition) is 1. The molecule has 1 aromatic rings. The highest BCUT2D eigenvalue weighted by Gasteiger charge is 2.12. The second-order valence-electron chi connectivity index (χ2n) is 5.54. The highest BCUT2D eigenvalue weighted by Crippen LogP contribution is 2.27. The molecule has 0 aliphatic rings. The minimum Gasteiger partial charge on any atom is -0.380 e. The molecule has 3 nitrogen and oxygen atoms in total. The van der Waals surface area contributed by atoms with Crippen LogP contribution in [0.25, 0.3) is 0 Å². The van der Waals surface area contributed by atoms with E-state index >= 15 is 0 Å². The van der Waals surface area contributed by atoms with Crippen LogP contribution in [-0.2, 0) is 11.3 Å². The first-order valence-electron chi connectivity index (χ1n) is 7.90. The monoisotopic (exact) mass is 312 g/mol. The van der Waals surface area contributed by atoms with Gasteiger partial charge in [0.25, 0.3) is 0 Å². The number of ether oxygens (including phenoxy) is 1. The number of nitrogens with one attached hydrogen (secondary N) is 1. The van der Waals surface area contributed by atoms with E-state index < -0.39 is 0 Å². The molecule has 120 valence electrons. The van der Waals surface area contributed by atoms with Crippen LogP contribution in [-0.4, -0.2) is 32.8 Å². The van der Waals surface area contributed by atoms with Crippen LogP contribution in [0.5, 0.6) is 0 Å². The van der Waals surface area contributed by atoms with Gasteiger partial charge in [-0.05, 0) is 38.4 Å². The molecule has 0 bridgehead atoms. The number of likely N-dealkylation sites (N-methyl/N-ethyl adjacent to an activating group) is 1. The molecule has 0 heterocycles. The zero-order valence-corrected chi connectivity index (χ0v) is 14.5. The SMILES string of the molecule is CCOCCN(CC)c1cccc(Cl)c1CNCC(C)C. The standard InChI is InChI=1S/C17H29ClN2O/c1-5-20(10-11-21-6-2)17-9-7-8-16(18)15(17)13-19-12-14(3)4/h7-9,14,19H,5-6,10-13H2,1-4H3. The largest absolute Gasteiger partial charge is 0.380 e. The van der Waals surface area contributed by atoms with Crippen LogP contribution in [0, 0.1) is 5.92 Å². The van der Waals surface area contributed by atoms with Gasteiger partial charge in [-0.15, -0.1) is 0 Å². The van der Waals surface area contributed by atoms with Crippen molar-refractivity contribution >= 4 is 17.3 Å². The van der Waals surface area contributed by atoms with Crippen molar-refractivity contribution in [3.63, 3.8) is 0 Å². The second-order valence-corrected chi connectivity index (χ2v) is 5.95. The predicted octanol–water partition coefficient (Wildman–Crippen LogP) is 3.95. The van der Waals surface area contributed by atoms with Gasteiger partial charge in [0.15, 0.2) is 0 Å². The summed E-state index contributed by atoms with van der Waals surface area (Å²) in [5.41, 5.74) is 2.39. The quantitative estimate of drug-likeness (QED) is 0.662. The van der Waals surface area contributed by atoms with Crippen molar-refractivity contribution in [2.75, 3.05) is 37.7 Å². The van der Waals surface area contributed by atoms with E-state index in [1.807, 2.05) is 19.1 Å². The van der Waals surface area contributed by atoms with Gasteiger partial charge >= 0.3 is 0 Å². The Balaban J connectivity index is 2.80. The Morgan fingerprint density at radius 2 is 2.05 bits per heavy atom. The molecule has 0 amide bonds. The van der Waals surface area contributed by atoms with Crippen LogP contribution < -0.4 is 10.2 Å². The van der Waals surface area contributed by atoms with Crippen molar-refractivity contribution in [2.24, 2.45) is 5.92 Å². The third-order valence-electron chi connectivity index (χ3n) is 3.38. The van der Waals surface area contributed by atoms with E-state index in [4.69, 9.17) is 16.3 Å². The fourth-order valence-corrected chi connectivity index (χ4v) is 2.51. The summed E-state index contributed by atoms with van der Waals surface area (Å²) in [6, 6.07) is 6.13. The summed E-state index contributed by atoms with van der Waals surface area (Å²) < 4.78 is 5.48. The van der Waals surface area contributed by atoms with Crippen molar-refractivity contribution in [1.29, 1.82) is 0 Å². The molecular weight excluding hydrogens is 284 g/mol. The van der Waals surface area contributed by atoms with Crippen LogP contribution in [0.15, 0.2) is 18.2 Å². The topological polar surface area (TPSA) is 24.5 Å². The summed E-state index contributed by atoms with van der Waals surface area (Å²) in [5.74, 6) is 0.635. The molecule has 1 rings (SSSR count). The average Bonchev–Trinajstić information content (AvgIpc) is 2.45. The number of rotatable bonds is 10. The minimum atomic E-state index is 0.635. The molecule has 0 radical (unpaired) electrons. The van der Waals surface area contributed by atoms with Gasteiger partial charge in [0, 0.05) is 42.5 Å². The van der Waals surface area contributed by atoms with Crippen LogP contribution in [0.1, 0.15) is 33.3 Å². The van der Waals surface area contributed by atoms with Gasteiger partial charge in [-0.1, -0.05) is 31.5 Å². The first kappa shape index (κ1) is 18.3. The summed E-state index contributed by atoms with van der Waals surface area (Å²) in [6.07, 6.45) is 0. The van der Waals surface area contributed by atoms with Crippen LogP contribution in [0.4, 0.5) is 5.69 Å². The molecule has 1 aromatic carbocycles. The second kappa shape index (κ2) is 10.0. The lowest BCUT2D eigenvalue weighted by atomic mass is 10.1.